The average Bonchev–Trinajstić information content (AvgIpc) is 2.84. The fourth-order valence-corrected chi connectivity index (χ4v) is 1.90. The molecule has 0 aliphatic heterocycles. The first-order valence-corrected chi connectivity index (χ1v) is 5.76. The second kappa shape index (κ2) is 6.39. The Morgan fingerprint density at radius 3 is 2.69 bits per heavy atom. The van der Waals surface area contributed by atoms with Gasteiger partial charge in [0.2, 0.25) is 0 Å². The Bertz CT molecular complexity index is 125. The minimum atomic E-state index is 0.870. The molecule has 2 heteroatoms. The lowest BCUT2D eigenvalue weighted by Crippen LogP contribution is -2.20. The molecule has 1 saturated carbocycles. The van der Waals surface area contributed by atoms with Crippen LogP contribution in [0.15, 0.2) is 0 Å². The van der Waals surface area contributed by atoms with E-state index >= 15 is 0 Å². The molecule has 1 rings (SSSR count). The van der Waals surface area contributed by atoms with Gasteiger partial charge in [-0.2, -0.15) is 0 Å². The summed E-state index contributed by atoms with van der Waals surface area (Å²) in [5.74, 6) is 1.01. The second-order valence-corrected chi connectivity index (χ2v) is 4.16. The van der Waals surface area contributed by atoms with Crippen LogP contribution in [0.25, 0.3) is 0 Å². The topological polar surface area (TPSA) is 24.1 Å². The maximum absolute atomic E-state index is 3.62. The van der Waals surface area contributed by atoms with Crippen molar-refractivity contribution >= 4 is 0 Å². The van der Waals surface area contributed by atoms with E-state index in [4.69, 9.17) is 0 Å². The Kier molecular flexibility index (Phi) is 5.40. The highest BCUT2D eigenvalue weighted by atomic mass is 15.0. The molecule has 13 heavy (non-hydrogen) atoms. The van der Waals surface area contributed by atoms with E-state index in [0.29, 0.717) is 0 Å². The van der Waals surface area contributed by atoms with Gasteiger partial charge in [-0.25, -0.2) is 0 Å². The SMILES string of the molecule is CCCC1CC1NCCCCNC. The van der Waals surface area contributed by atoms with Gasteiger partial charge in [0.1, 0.15) is 0 Å². The summed E-state index contributed by atoms with van der Waals surface area (Å²) < 4.78 is 0. The van der Waals surface area contributed by atoms with Crippen LogP contribution < -0.4 is 10.6 Å². The van der Waals surface area contributed by atoms with Crippen molar-refractivity contribution < 1.29 is 0 Å². The standard InChI is InChI=1S/C11H24N2/c1-3-6-10-9-11(10)13-8-5-4-7-12-2/h10-13H,3-9H2,1-2H3. The number of hydrogen-bond acceptors (Lipinski definition) is 2. The molecule has 1 aliphatic rings. The molecule has 0 aromatic heterocycles. The van der Waals surface area contributed by atoms with E-state index in [2.05, 4.69) is 17.6 Å². The van der Waals surface area contributed by atoms with Gasteiger partial charge in [0.05, 0.1) is 0 Å². The summed E-state index contributed by atoms with van der Waals surface area (Å²) in [6.45, 7) is 4.65. The molecule has 0 saturated heterocycles. The van der Waals surface area contributed by atoms with Gasteiger partial charge in [-0.05, 0) is 51.7 Å². The number of nitrogens with one attached hydrogen (secondary N) is 2. The Morgan fingerprint density at radius 2 is 2.00 bits per heavy atom. The van der Waals surface area contributed by atoms with Crippen LogP contribution in [-0.2, 0) is 0 Å². The highest BCUT2D eigenvalue weighted by Crippen LogP contribution is 2.34. The van der Waals surface area contributed by atoms with Crippen LogP contribution in [0.3, 0.4) is 0 Å². The predicted octanol–water partition coefficient (Wildman–Crippen LogP) is 1.76. The molecule has 0 heterocycles. The lowest BCUT2D eigenvalue weighted by atomic mass is 10.2. The lowest BCUT2D eigenvalue weighted by molar-refractivity contribution is 0.566. The van der Waals surface area contributed by atoms with Crippen LogP contribution in [0.1, 0.15) is 39.0 Å². The largest absolute Gasteiger partial charge is 0.320 e. The molecule has 2 N–H and O–H groups in total. The maximum Gasteiger partial charge on any atom is 0.00991 e. The van der Waals surface area contributed by atoms with Crippen LogP contribution in [0.5, 0.6) is 0 Å². The molecule has 0 aromatic carbocycles. The van der Waals surface area contributed by atoms with E-state index < -0.39 is 0 Å². The average molecular weight is 184 g/mol. The van der Waals surface area contributed by atoms with Crippen LogP contribution in [-0.4, -0.2) is 26.2 Å². The zero-order valence-corrected chi connectivity index (χ0v) is 9.10. The van der Waals surface area contributed by atoms with Gasteiger partial charge in [0.15, 0.2) is 0 Å². The van der Waals surface area contributed by atoms with E-state index in [0.717, 1.165) is 18.5 Å². The number of rotatable bonds is 8. The zero-order valence-electron chi connectivity index (χ0n) is 9.10. The van der Waals surface area contributed by atoms with Crippen molar-refractivity contribution in [1.29, 1.82) is 0 Å². The predicted molar refractivity (Wildman–Crippen MR) is 58.0 cm³/mol. The van der Waals surface area contributed by atoms with Crippen molar-refractivity contribution in [2.24, 2.45) is 5.92 Å². The minimum Gasteiger partial charge on any atom is -0.320 e. The molecule has 0 aromatic rings. The Morgan fingerprint density at radius 1 is 1.23 bits per heavy atom. The smallest absolute Gasteiger partial charge is 0.00991 e. The fraction of sp³-hybridized carbons (Fsp3) is 1.00. The highest BCUT2D eigenvalue weighted by molar-refractivity contribution is 4.92. The van der Waals surface area contributed by atoms with E-state index in [1.165, 1.54) is 38.6 Å². The monoisotopic (exact) mass is 184 g/mol. The molecule has 78 valence electrons. The molecule has 0 spiro atoms. The van der Waals surface area contributed by atoms with E-state index in [1.54, 1.807) is 0 Å². The number of hydrogen-bond donors (Lipinski definition) is 2. The normalized spacial score (nSPS) is 26.3. The summed E-state index contributed by atoms with van der Waals surface area (Å²) in [7, 11) is 2.02. The Labute approximate surface area is 82.5 Å². The molecule has 0 bridgehead atoms. The zero-order chi connectivity index (χ0) is 9.52. The van der Waals surface area contributed by atoms with E-state index in [1.807, 2.05) is 7.05 Å². The first kappa shape index (κ1) is 11.0. The molecule has 2 nitrogen and oxygen atoms in total. The summed E-state index contributed by atoms with van der Waals surface area (Å²) in [4.78, 5) is 0. The third-order valence-electron chi connectivity index (χ3n) is 2.84. The fourth-order valence-electron chi connectivity index (χ4n) is 1.90. The van der Waals surface area contributed by atoms with E-state index in [9.17, 15) is 0 Å². The van der Waals surface area contributed by atoms with Gasteiger partial charge < -0.3 is 10.6 Å². The molecular weight excluding hydrogens is 160 g/mol. The first-order valence-electron chi connectivity index (χ1n) is 5.76. The van der Waals surface area contributed by atoms with Crippen LogP contribution in [0.2, 0.25) is 0 Å². The van der Waals surface area contributed by atoms with E-state index in [-0.39, 0.29) is 0 Å². The van der Waals surface area contributed by atoms with Crippen molar-refractivity contribution in [3.63, 3.8) is 0 Å². The lowest BCUT2D eigenvalue weighted by Gasteiger charge is -2.03. The molecule has 1 aliphatic carbocycles. The molecule has 2 atom stereocenters. The Balaban J connectivity index is 1.80. The Hall–Kier alpha value is -0.0800. The third-order valence-corrected chi connectivity index (χ3v) is 2.84. The van der Waals surface area contributed by atoms with Crippen LogP contribution >= 0.6 is 0 Å². The summed E-state index contributed by atoms with van der Waals surface area (Å²) in [6.07, 6.45) is 6.82. The molecule has 2 unspecified atom stereocenters. The summed E-state index contributed by atoms with van der Waals surface area (Å²) >= 11 is 0. The van der Waals surface area contributed by atoms with Gasteiger partial charge >= 0.3 is 0 Å². The highest BCUT2D eigenvalue weighted by Gasteiger charge is 2.34. The van der Waals surface area contributed by atoms with Crippen LogP contribution in [0.4, 0.5) is 0 Å². The van der Waals surface area contributed by atoms with Crippen molar-refractivity contribution in [2.75, 3.05) is 20.1 Å². The van der Waals surface area contributed by atoms with Crippen molar-refractivity contribution in [3.8, 4) is 0 Å². The minimum absolute atomic E-state index is 0.870. The van der Waals surface area contributed by atoms with Gasteiger partial charge in [-0.15, -0.1) is 0 Å². The number of unbranched alkanes of at least 4 members (excludes halogenated alkanes) is 1. The summed E-state index contributed by atoms with van der Waals surface area (Å²) in [6, 6.07) is 0.870. The molecule has 0 radical (unpaired) electrons. The van der Waals surface area contributed by atoms with Crippen molar-refractivity contribution in [3.05, 3.63) is 0 Å². The van der Waals surface area contributed by atoms with Crippen molar-refractivity contribution in [2.45, 2.75) is 45.1 Å². The molecular formula is C11H24N2. The third kappa shape index (κ3) is 4.63. The van der Waals surface area contributed by atoms with Gasteiger partial charge in [-0.1, -0.05) is 13.3 Å². The maximum atomic E-state index is 3.62. The quantitative estimate of drug-likeness (QED) is 0.562. The molecule has 1 fully saturated rings. The van der Waals surface area contributed by atoms with Crippen LogP contribution in [0, 0.1) is 5.92 Å². The first-order chi connectivity index (χ1) is 6.38. The van der Waals surface area contributed by atoms with Gasteiger partial charge in [0, 0.05) is 6.04 Å². The van der Waals surface area contributed by atoms with Gasteiger partial charge in [-0.3, -0.25) is 0 Å². The summed E-state index contributed by atoms with van der Waals surface area (Å²) in [5.41, 5.74) is 0. The van der Waals surface area contributed by atoms with Crippen molar-refractivity contribution in [1.82, 2.24) is 10.6 Å². The summed E-state index contributed by atoms with van der Waals surface area (Å²) in [5, 5.41) is 6.80. The van der Waals surface area contributed by atoms with Gasteiger partial charge in [0.25, 0.3) is 0 Å². The molecule has 0 amide bonds. The second-order valence-electron chi connectivity index (χ2n) is 4.16.